The smallest absolute Gasteiger partial charge is 0.310 e. The number of fused-ring (bicyclic) bond motifs is 1. The number of likely N-dealkylation sites (tertiary alicyclic amines) is 1. The largest absolute Gasteiger partial charge is 0.497 e. The first kappa shape index (κ1) is 24.4. The van der Waals surface area contributed by atoms with E-state index in [2.05, 4.69) is 0 Å². The molecule has 35 heavy (non-hydrogen) atoms. The zero-order chi connectivity index (χ0) is 24.9. The molecule has 3 aromatic rings. The predicted octanol–water partition coefficient (Wildman–Crippen LogP) is 5.32. The fraction of sp³-hybridized carbons (Fsp3) is 0.357. The molecule has 1 atom stereocenters. The first-order valence-corrected chi connectivity index (χ1v) is 11.8. The Balaban J connectivity index is 1.65. The summed E-state index contributed by atoms with van der Waals surface area (Å²) in [5.41, 5.74) is 4.16. The molecule has 7 heteroatoms. The molecule has 1 saturated heterocycles. The van der Waals surface area contributed by atoms with Crippen molar-refractivity contribution in [2.45, 2.75) is 26.7 Å². The summed E-state index contributed by atoms with van der Waals surface area (Å²) in [5, 5.41) is 0.912. The highest BCUT2D eigenvalue weighted by Crippen LogP contribution is 2.38. The van der Waals surface area contributed by atoms with Crippen LogP contribution in [0, 0.1) is 5.92 Å². The minimum absolute atomic E-state index is 0.126. The van der Waals surface area contributed by atoms with Crippen LogP contribution in [0.2, 0.25) is 0 Å². The quantitative estimate of drug-likeness (QED) is 0.338. The number of ether oxygens (including phenoxy) is 3. The Morgan fingerprint density at radius 1 is 1.17 bits per heavy atom. The Kier molecular flexibility index (Phi) is 7.44. The molecule has 184 valence electrons. The van der Waals surface area contributed by atoms with Gasteiger partial charge in [-0.15, -0.1) is 0 Å². The molecule has 1 aromatic heterocycles. The van der Waals surface area contributed by atoms with Gasteiger partial charge in [0.25, 0.3) is 0 Å². The Morgan fingerprint density at radius 2 is 2.00 bits per heavy atom. The normalized spacial score (nSPS) is 16.3. The van der Waals surface area contributed by atoms with E-state index in [1.165, 1.54) is 0 Å². The topological polar surface area (TPSA) is 78.2 Å². The van der Waals surface area contributed by atoms with Crippen molar-refractivity contribution in [1.82, 2.24) is 4.90 Å². The van der Waals surface area contributed by atoms with Crippen molar-refractivity contribution in [2.24, 2.45) is 5.92 Å². The van der Waals surface area contributed by atoms with E-state index in [1.807, 2.05) is 43.3 Å². The number of esters is 1. The van der Waals surface area contributed by atoms with E-state index < -0.39 is 0 Å². The molecule has 0 radical (unpaired) electrons. The van der Waals surface area contributed by atoms with E-state index in [0.29, 0.717) is 31.0 Å². The average Bonchev–Trinajstić information content (AvgIpc) is 3.31. The zero-order valence-corrected chi connectivity index (χ0v) is 20.6. The number of hydrogen-bond acceptors (Lipinski definition) is 6. The van der Waals surface area contributed by atoms with Gasteiger partial charge < -0.3 is 23.5 Å². The molecule has 7 nitrogen and oxygen atoms in total. The van der Waals surface area contributed by atoms with Gasteiger partial charge in [0.05, 0.1) is 33.0 Å². The number of carbonyl (C=O) groups is 2. The van der Waals surface area contributed by atoms with Crippen LogP contribution >= 0.6 is 0 Å². The highest BCUT2D eigenvalue weighted by Gasteiger charge is 2.29. The van der Waals surface area contributed by atoms with E-state index in [1.54, 1.807) is 38.4 Å². The first-order chi connectivity index (χ1) is 16.9. The number of allylic oxidation sites excluding steroid dienone is 1. The van der Waals surface area contributed by atoms with Crippen molar-refractivity contribution >= 4 is 28.4 Å². The summed E-state index contributed by atoms with van der Waals surface area (Å²) in [7, 11) is 3.23. The molecule has 2 aromatic carbocycles. The third kappa shape index (κ3) is 5.19. The molecule has 1 fully saturated rings. The average molecular weight is 478 g/mol. The van der Waals surface area contributed by atoms with E-state index in [4.69, 9.17) is 18.6 Å². The maximum atomic E-state index is 13.1. The lowest BCUT2D eigenvalue weighted by molar-refractivity contribution is -0.150. The van der Waals surface area contributed by atoms with E-state index in [0.717, 1.165) is 46.2 Å². The van der Waals surface area contributed by atoms with Crippen LogP contribution in [-0.4, -0.2) is 50.7 Å². The summed E-state index contributed by atoms with van der Waals surface area (Å²) in [6, 6.07) is 11.6. The molecule has 4 rings (SSSR count). The summed E-state index contributed by atoms with van der Waals surface area (Å²) in [6.45, 7) is 5.02. The van der Waals surface area contributed by atoms with Crippen molar-refractivity contribution in [1.29, 1.82) is 0 Å². The van der Waals surface area contributed by atoms with Gasteiger partial charge in [-0.05, 0) is 56.0 Å². The van der Waals surface area contributed by atoms with Gasteiger partial charge in [-0.1, -0.05) is 12.1 Å². The predicted molar refractivity (Wildman–Crippen MR) is 134 cm³/mol. The Bertz CT molecular complexity index is 1260. The molecule has 0 aliphatic carbocycles. The van der Waals surface area contributed by atoms with Crippen LogP contribution in [-0.2, 0) is 14.3 Å². The first-order valence-electron chi connectivity index (χ1n) is 11.8. The van der Waals surface area contributed by atoms with Crippen LogP contribution in [0.5, 0.6) is 11.5 Å². The van der Waals surface area contributed by atoms with Gasteiger partial charge in [-0.25, -0.2) is 0 Å². The van der Waals surface area contributed by atoms with Gasteiger partial charge in [0.2, 0.25) is 5.91 Å². The van der Waals surface area contributed by atoms with Crippen LogP contribution in [0.4, 0.5) is 0 Å². The number of benzene rings is 2. The summed E-state index contributed by atoms with van der Waals surface area (Å²) in [6.07, 6.45) is 4.85. The Hall–Kier alpha value is -3.74. The zero-order valence-electron chi connectivity index (χ0n) is 20.6. The number of hydrogen-bond donors (Lipinski definition) is 0. The van der Waals surface area contributed by atoms with Gasteiger partial charge in [0, 0.05) is 41.7 Å². The number of piperidine rings is 1. The van der Waals surface area contributed by atoms with E-state index in [9.17, 15) is 9.59 Å². The maximum absolute atomic E-state index is 13.1. The number of methoxy groups -OCH3 is 2. The minimum Gasteiger partial charge on any atom is -0.497 e. The molecule has 0 bridgehead atoms. The monoisotopic (exact) mass is 477 g/mol. The Labute approximate surface area is 205 Å². The summed E-state index contributed by atoms with van der Waals surface area (Å²) >= 11 is 0. The molecule has 2 heterocycles. The van der Waals surface area contributed by atoms with Crippen molar-refractivity contribution in [3.8, 4) is 22.6 Å². The molecular formula is C28H31NO6. The molecule has 1 amide bonds. The number of carbonyl (C=O) groups excluding carboxylic acids is 2. The highest BCUT2D eigenvalue weighted by molar-refractivity contribution is 6.00. The van der Waals surface area contributed by atoms with Gasteiger partial charge in [0.1, 0.15) is 17.1 Å². The third-order valence-electron chi connectivity index (χ3n) is 6.39. The number of amides is 1. The van der Waals surface area contributed by atoms with Crippen LogP contribution in [0.25, 0.3) is 27.7 Å². The molecule has 1 unspecified atom stereocenters. The molecule has 1 aliphatic rings. The van der Waals surface area contributed by atoms with Crippen molar-refractivity contribution in [3.63, 3.8) is 0 Å². The second-order valence-electron chi connectivity index (χ2n) is 8.63. The van der Waals surface area contributed by atoms with Gasteiger partial charge in [0.15, 0.2) is 0 Å². The lowest BCUT2D eigenvalue weighted by atomic mass is 9.97. The number of furan rings is 1. The minimum atomic E-state index is -0.274. The third-order valence-corrected chi connectivity index (χ3v) is 6.39. The second-order valence-corrected chi connectivity index (χ2v) is 8.63. The number of rotatable bonds is 7. The van der Waals surface area contributed by atoms with Gasteiger partial charge >= 0.3 is 5.97 Å². The van der Waals surface area contributed by atoms with Gasteiger partial charge in [-0.2, -0.15) is 0 Å². The lowest BCUT2D eigenvalue weighted by Gasteiger charge is -2.31. The van der Waals surface area contributed by atoms with Gasteiger partial charge in [-0.3, -0.25) is 9.59 Å². The van der Waals surface area contributed by atoms with Crippen molar-refractivity contribution in [3.05, 3.63) is 54.3 Å². The highest BCUT2D eigenvalue weighted by atomic mass is 16.5. The maximum Gasteiger partial charge on any atom is 0.310 e. The molecule has 0 saturated carbocycles. The van der Waals surface area contributed by atoms with Crippen LogP contribution in [0.3, 0.4) is 0 Å². The summed E-state index contributed by atoms with van der Waals surface area (Å²) < 4.78 is 22.0. The number of nitrogens with zero attached hydrogens (tertiary/aromatic N) is 1. The fourth-order valence-corrected chi connectivity index (χ4v) is 4.53. The standard InChI is InChI=1S/C28H31NO6/c1-5-34-28(31)20-9-7-11-29(16-20)27(30)12-18(2)22-14-23-24(17-35-26(23)15-25(22)33-4)19-8-6-10-21(13-19)32-3/h6,8,10,12-15,17,20H,5,7,9,11,16H2,1-4H3/b18-12+. The molecule has 0 N–H and O–H groups in total. The summed E-state index contributed by atoms with van der Waals surface area (Å²) in [4.78, 5) is 27.0. The molecule has 1 aliphatic heterocycles. The Morgan fingerprint density at radius 3 is 2.74 bits per heavy atom. The second kappa shape index (κ2) is 10.7. The SMILES string of the molecule is CCOC(=O)C1CCCN(C(=O)/C=C(\C)c2cc3c(-c4cccc(OC)c4)coc3cc2OC)C1. The van der Waals surface area contributed by atoms with Crippen molar-refractivity contribution in [2.75, 3.05) is 33.9 Å². The summed E-state index contributed by atoms with van der Waals surface area (Å²) in [5.74, 6) is 0.744. The molecule has 0 spiro atoms. The van der Waals surface area contributed by atoms with E-state index >= 15 is 0 Å². The van der Waals surface area contributed by atoms with Crippen molar-refractivity contribution < 1.29 is 28.2 Å². The lowest BCUT2D eigenvalue weighted by Crippen LogP contribution is -2.42. The molecular weight excluding hydrogens is 446 g/mol. The van der Waals surface area contributed by atoms with E-state index in [-0.39, 0.29) is 17.8 Å². The van der Waals surface area contributed by atoms with Crippen LogP contribution < -0.4 is 9.47 Å². The fourth-order valence-electron chi connectivity index (χ4n) is 4.53. The van der Waals surface area contributed by atoms with Crippen LogP contribution in [0.1, 0.15) is 32.3 Å². The van der Waals surface area contributed by atoms with Crippen LogP contribution in [0.15, 0.2) is 53.2 Å².